The van der Waals surface area contributed by atoms with Gasteiger partial charge in [-0.15, -0.1) is 11.6 Å². The molecule has 1 aromatic rings. The maximum atomic E-state index is 12.8. The van der Waals surface area contributed by atoms with Gasteiger partial charge in [0, 0.05) is 18.5 Å². The van der Waals surface area contributed by atoms with E-state index in [0.717, 1.165) is 17.5 Å². The number of hydrogen-bond donors (Lipinski definition) is 0. The van der Waals surface area contributed by atoms with Crippen molar-refractivity contribution in [1.82, 2.24) is 4.31 Å². The third-order valence-corrected chi connectivity index (χ3v) is 6.12. The van der Waals surface area contributed by atoms with Gasteiger partial charge in [0.15, 0.2) is 0 Å². The molecular formula is C15H22ClNO3S. The maximum Gasteiger partial charge on any atom is 0.243 e. The second kappa shape index (κ2) is 6.65. The van der Waals surface area contributed by atoms with Crippen LogP contribution in [0.4, 0.5) is 0 Å². The first-order valence-corrected chi connectivity index (χ1v) is 9.18. The van der Waals surface area contributed by atoms with Crippen molar-refractivity contribution in [3.8, 4) is 0 Å². The van der Waals surface area contributed by atoms with Crippen LogP contribution in [0.15, 0.2) is 23.1 Å². The van der Waals surface area contributed by atoms with Gasteiger partial charge in [-0.3, -0.25) is 0 Å². The van der Waals surface area contributed by atoms with Gasteiger partial charge < -0.3 is 4.74 Å². The van der Waals surface area contributed by atoms with Crippen LogP contribution in [0.5, 0.6) is 0 Å². The number of rotatable bonds is 4. The molecule has 1 saturated heterocycles. The molecule has 1 aliphatic heterocycles. The Kier molecular flexibility index (Phi) is 5.30. The number of aryl methyl sites for hydroxylation is 1. The molecule has 0 spiro atoms. The predicted molar refractivity (Wildman–Crippen MR) is 84.1 cm³/mol. The van der Waals surface area contributed by atoms with Gasteiger partial charge in [-0.1, -0.05) is 13.0 Å². The predicted octanol–water partition coefficient (Wildman–Crippen LogP) is 2.79. The first-order valence-electron chi connectivity index (χ1n) is 7.21. The minimum Gasteiger partial charge on any atom is -0.375 e. The highest BCUT2D eigenvalue weighted by molar-refractivity contribution is 7.89. The van der Waals surface area contributed by atoms with Gasteiger partial charge in [0.25, 0.3) is 0 Å². The van der Waals surface area contributed by atoms with E-state index in [2.05, 4.69) is 0 Å². The average molecular weight is 332 g/mol. The zero-order valence-corrected chi connectivity index (χ0v) is 14.2. The molecule has 2 atom stereocenters. The second-order valence-corrected chi connectivity index (χ2v) is 7.64. The maximum absolute atomic E-state index is 12.8. The van der Waals surface area contributed by atoms with Gasteiger partial charge >= 0.3 is 0 Å². The quantitative estimate of drug-likeness (QED) is 0.797. The molecular weight excluding hydrogens is 310 g/mol. The van der Waals surface area contributed by atoms with Crippen LogP contribution < -0.4 is 0 Å². The Morgan fingerprint density at radius 2 is 2.05 bits per heavy atom. The van der Waals surface area contributed by atoms with Gasteiger partial charge in [-0.25, -0.2) is 8.42 Å². The van der Waals surface area contributed by atoms with E-state index in [4.69, 9.17) is 16.3 Å². The molecule has 0 N–H and O–H groups in total. The molecule has 0 aromatic heterocycles. The normalized spacial score (nSPS) is 24.2. The van der Waals surface area contributed by atoms with Gasteiger partial charge in [-0.05, 0) is 43.5 Å². The van der Waals surface area contributed by atoms with E-state index in [1.54, 1.807) is 12.1 Å². The number of morpholine rings is 1. The Labute approximate surface area is 132 Å². The molecule has 1 aromatic carbocycles. The molecule has 0 saturated carbocycles. The van der Waals surface area contributed by atoms with Crippen LogP contribution in [0.1, 0.15) is 31.9 Å². The van der Waals surface area contributed by atoms with Crippen molar-refractivity contribution in [2.24, 2.45) is 0 Å². The summed E-state index contributed by atoms with van der Waals surface area (Å²) in [5, 5.41) is 0. The van der Waals surface area contributed by atoms with Crippen molar-refractivity contribution in [3.63, 3.8) is 0 Å². The fourth-order valence-corrected chi connectivity index (χ4v) is 4.57. The molecule has 2 rings (SSSR count). The van der Waals surface area contributed by atoms with Crippen LogP contribution in [0.3, 0.4) is 0 Å². The smallest absolute Gasteiger partial charge is 0.243 e. The van der Waals surface area contributed by atoms with E-state index < -0.39 is 10.0 Å². The van der Waals surface area contributed by atoms with E-state index >= 15 is 0 Å². The first kappa shape index (κ1) is 16.7. The van der Waals surface area contributed by atoms with E-state index in [9.17, 15) is 8.42 Å². The van der Waals surface area contributed by atoms with E-state index in [-0.39, 0.29) is 12.1 Å². The van der Waals surface area contributed by atoms with Gasteiger partial charge in [0.2, 0.25) is 10.0 Å². The molecule has 1 heterocycles. The molecule has 1 aliphatic rings. The summed E-state index contributed by atoms with van der Waals surface area (Å²) < 4.78 is 32.7. The third kappa shape index (κ3) is 3.42. The number of sulfonamides is 1. The Morgan fingerprint density at radius 1 is 1.33 bits per heavy atom. The summed E-state index contributed by atoms with van der Waals surface area (Å²) in [7, 11) is -3.51. The number of ether oxygens (including phenoxy) is 1. The molecule has 0 amide bonds. The van der Waals surface area contributed by atoms with Crippen molar-refractivity contribution in [2.45, 2.75) is 50.1 Å². The number of hydrogen-bond acceptors (Lipinski definition) is 3. The van der Waals surface area contributed by atoms with Crippen molar-refractivity contribution >= 4 is 21.6 Å². The molecule has 0 radical (unpaired) electrons. The van der Waals surface area contributed by atoms with Crippen molar-refractivity contribution in [1.29, 1.82) is 0 Å². The first-order chi connectivity index (χ1) is 9.90. The Hall–Kier alpha value is -0.620. The molecule has 6 heteroatoms. The monoisotopic (exact) mass is 331 g/mol. The van der Waals surface area contributed by atoms with Crippen LogP contribution in [0.25, 0.3) is 0 Å². The average Bonchev–Trinajstić information content (AvgIpc) is 2.48. The third-order valence-electron chi connectivity index (χ3n) is 3.86. The lowest BCUT2D eigenvalue weighted by Gasteiger charge is -2.35. The topological polar surface area (TPSA) is 46.6 Å². The Balaban J connectivity index is 2.39. The molecule has 4 nitrogen and oxygen atoms in total. The summed E-state index contributed by atoms with van der Waals surface area (Å²) in [5.74, 6) is 0.321. The molecule has 2 unspecified atom stereocenters. The summed E-state index contributed by atoms with van der Waals surface area (Å²) in [5.41, 5.74) is 1.97. The zero-order valence-electron chi connectivity index (χ0n) is 12.7. The van der Waals surface area contributed by atoms with E-state index in [1.807, 2.05) is 26.8 Å². The highest BCUT2D eigenvalue weighted by Gasteiger charge is 2.34. The molecule has 1 fully saturated rings. The van der Waals surface area contributed by atoms with Crippen molar-refractivity contribution in [2.75, 3.05) is 13.2 Å². The SMILES string of the molecule is CCc1ccc(S(=O)(=O)N2CC(C)OCC2C)cc1CCl. The molecule has 118 valence electrons. The standard InChI is InChI=1S/C15H22ClNO3S/c1-4-13-5-6-15(7-14(13)8-16)21(18,19)17-9-12(3)20-10-11(17)2/h5-7,11-12H,4,8-10H2,1-3H3. The zero-order chi connectivity index (χ0) is 15.6. The molecule has 0 bridgehead atoms. The van der Waals surface area contributed by atoms with E-state index in [0.29, 0.717) is 23.9 Å². The van der Waals surface area contributed by atoms with Crippen molar-refractivity contribution < 1.29 is 13.2 Å². The second-order valence-electron chi connectivity index (χ2n) is 5.49. The van der Waals surface area contributed by atoms with Crippen LogP contribution in [-0.2, 0) is 27.1 Å². The van der Waals surface area contributed by atoms with Crippen LogP contribution in [0, 0.1) is 0 Å². The lowest BCUT2D eigenvalue weighted by Crippen LogP contribution is -2.50. The lowest BCUT2D eigenvalue weighted by atomic mass is 10.1. The number of alkyl halides is 1. The lowest BCUT2D eigenvalue weighted by molar-refractivity contribution is -0.0170. The van der Waals surface area contributed by atoms with Gasteiger partial charge in [0.05, 0.1) is 17.6 Å². The largest absolute Gasteiger partial charge is 0.375 e. The summed E-state index contributed by atoms with van der Waals surface area (Å²) in [6.45, 7) is 6.60. The minimum absolute atomic E-state index is 0.0848. The van der Waals surface area contributed by atoms with Crippen molar-refractivity contribution in [3.05, 3.63) is 29.3 Å². The minimum atomic E-state index is -3.51. The van der Waals surface area contributed by atoms with Crippen LogP contribution in [-0.4, -0.2) is 38.0 Å². The highest BCUT2D eigenvalue weighted by atomic mass is 35.5. The summed E-state index contributed by atoms with van der Waals surface area (Å²) in [6, 6.07) is 5.08. The number of nitrogens with zero attached hydrogens (tertiary/aromatic N) is 1. The molecule has 0 aliphatic carbocycles. The summed E-state index contributed by atoms with van der Waals surface area (Å²) >= 11 is 5.94. The van der Waals surface area contributed by atoms with Gasteiger partial charge in [0.1, 0.15) is 0 Å². The van der Waals surface area contributed by atoms with E-state index in [1.165, 1.54) is 4.31 Å². The number of benzene rings is 1. The van der Waals surface area contributed by atoms with Crippen LogP contribution in [0.2, 0.25) is 0 Å². The Bertz CT molecular complexity index is 603. The summed E-state index contributed by atoms with van der Waals surface area (Å²) in [6.07, 6.45) is 0.756. The van der Waals surface area contributed by atoms with Gasteiger partial charge in [-0.2, -0.15) is 4.31 Å². The highest BCUT2D eigenvalue weighted by Crippen LogP contribution is 2.25. The Morgan fingerprint density at radius 3 is 2.67 bits per heavy atom. The molecule has 21 heavy (non-hydrogen) atoms. The summed E-state index contributed by atoms with van der Waals surface area (Å²) in [4.78, 5) is 0.316. The van der Waals surface area contributed by atoms with Crippen LogP contribution >= 0.6 is 11.6 Å². The number of halogens is 1. The fraction of sp³-hybridized carbons (Fsp3) is 0.600. The fourth-order valence-electron chi connectivity index (χ4n) is 2.58.